The van der Waals surface area contributed by atoms with Gasteiger partial charge in [0.25, 0.3) is 5.91 Å². The molecular weight excluding hydrogens is 498 g/mol. The number of hydrogen-bond acceptors (Lipinski definition) is 5. The zero-order chi connectivity index (χ0) is 26.2. The van der Waals surface area contributed by atoms with Gasteiger partial charge in [-0.3, -0.25) is 9.69 Å². The minimum absolute atomic E-state index is 0.00771. The number of unbranched alkanes of at least 4 members (excludes halogenated alkanes) is 1. The quantitative estimate of drug-likeness (QED) is 0.176. The van der Waals surface area contributed by atoms with Crippen molar-refractivity contribution >= 4 is 40.3 Å². The SMILES string of the molecule is CCCC[C@@H](CC)CN1C(=O)/C(=C/c2cn(-c3ccccc3)nc2-c2ccc(OCCC)cc2)SC1=S. The second-order valence-electron chi connectivity index (χ2n) is 9.29. The number of ether oxygens (including phenoxy) is 1. The van der Waals surface area contributed by atoms with E-state index in [0.29, 0.717) is 28.3 Å². The molecule has 1 atom stereocenters. The van der Waals surface area contributed by atoms with Gasteiger partial charge in [0.2, 0.25) is 0 Å². The van der Waals surface area contributed by atoms with Gasteiger partial charge < -0.3 is 4.74 Å². The van der Waals surface area contributed by atoms with Crippen molar-refractivity contribution < 1.29 is 9.53 Å². The van der Waals surface area contributed by atoms with Crippen molar-refractivity contribution in [2.24, 2.45) is 5.92 Å². The number of carbonyl (C=O) groups is 1. The molecule has 0 saturated carbocycles. The second kappa shape index (κ2) is 13.1. The zero-order valence-electron chi connectivity index (χ0n) is 21.9. The van der Waals surface area contributed by atoms with E-state index in [1.807, 2.05) is 71.6 Å². The van der Waals surface area contributed by atoms with Crippen molar-refractivity contribution in [3.05, 3.63) is 71.3 Å². The van der Waals surface area contributed by atoms with Crippen LogP contribution in [0.25, 0.3) is 23.0 Å². The molecule has 7 heteroatoms. The highest BCUT2D eigenvalue weighted by molar-refractivity contribution is 8.26. The van der Waals surface area contributed by atoms with E-state index in [0.717, 1.165) is 53.9 Å². The van der Waals surface area contributed by atoms with Crippen LogP contribution in [-0.2, 0) is 4.79 Å². The van der Waals surface area contributed by atoms with Crippen LogP contribution in [0, 0.1) is 5.92 Å². The number of para-hydroxylation sites is 1. The summed E-state index contributed by atoms with van der Waals surface area (Å²) in [4.78, 5) is 15.9. The first-order valence-corrected chi connectivity index (χ1v) is 14.4. The van der Waals surface area contributed by atoms with Crippen LogP contribution in [0.15, 0.2) is 65.7 Å². The Morgan fingerprint density at radius 2 is 1.81 bits per heavy atom. The summed E-state index contributed by atoms with van der Waals surface area (Å²) in [5.74, 6) is 1.29. The molecule has 0 radical (unpaired) electrons. The van der Waals surface area contributed by atoms with Gasteiger partial charge in [-0.2, -0.15) is 5.10 Å². The predicted octanol–water partition coefficient (Wildman–Crippen LogP) is 7.75. The van der Waals surface area contributed by atoms with Crippen LogP contribution in [0.4, 0.5) is 0 Å². The third-order valence-electron chi connectivity index (χ3n) is 6.51. The Hall–Kier alpha value is -2.90. The van der Waals surface area contributed by atoms with Gasteiger partial charge in [0.15, 0.2) is 0 Å². The van der Waals surface area contributed by atoms with Gasteiger partial charge in [0, 0.05) is 23.9 Å². The van der Waals surface area contributed by atoms with E-state index in [4.69, 9.17) is 22.1 Å². The normalized spacial score (nSPS) is 15.5. The molecule has 1 aromatic heterocycles. The molecule has 2 aromatic carbocycles. The molecular formula is C30H35N3O2S2. The third kappa shape index (κ3) is 6.70. The summed E-state index contributed by atoms with van der Waals surface area (Å²) in [5, 5.41) is 4.91. The van der Waals surface area contributed by atoms with Crippen LogP contribution in [-0.4, -0.2) is 38.1 Å². The highest BCUT2D eigenvalue weighted by Gasteiger charge is 2.33. The van der Waals surface area contributed by atoms with Gasteiger partial charge in [-0.25, -0.2) is 4.68 Å². The predicted molar refractivity (Wildman–Crippen MR) is 158 cm³/mol. The molecule has 37 heavy (non-hydrogen) atoms. The fraction of sp³-hybridized carbons (Fsp3) is 0.367. The van der Waals surface area contributed by atoms with Crippen LogP contribution in [0.2, 0.25) is 0 Å². The van der Waals surface area contributed by atoms with Gasteiger partial charge in [0.1, 0.15) is 10.1 Å². The number of rotatable bonds is 12. The van der Waals surface area contributed by atoms with E-state index in [1.54, 1.807) is 4.90 Å². The summed E-state index contributed by atoms with van der Waals surface area (Å²) >= 11 is 7.02. The van der Waals surface area contributed by atoms with E-state index >= 15 is 0 Å². The monoisotopic (exact) mass is 533 g/mol. The minimum Gasteiger partial charge on any atom is -0.494 e. The topological polar surface area (TPSA) is 47.4 Å². The van der Waals surface area contributed by atoms with E-state index < -0.39 is 0 Å². The molecule has 0 unspecified atom stereocenters. The summed E-state index contributed by atoms with van der Waals surface area (Å²) in [6.45, 7) is 7.86. The molecule has 1 amide bonds. The van der Waals surface area contributed by atoms with E-state index in [1.165, 1.54) is 18.2 Å². The Labute approximate surface area is 229 Å². The minimum atomic E-state index is -0.00771. The Balaban J connectivity index is 1.65. The van der Waals surface area contributed by atoms with Gasteiger partial charge in [-0.05, 0) is 61.2 Å². The highest BCUT2D eigenvalue weighted by atomic mass is 32.2. The summed E-state index contributed by atoms with van der Waals surface area (Å²) in [7, 11) is 0. The molecule has 194 valence electrons. The Morgan fingerprint density at radius 3 is 2.49 bits per heavy atom. The molecule has 5 nitrogen and oxygen atoms in total. The van der Waals surface area contributed by atoms with Crippen molar-refractivity contribution in [2.45, 2.75) is 52.9 Å². The Bertz CT molecular complexity index is 1240. The number of carbonyl (C=O) groups excluding carboxylic acids is 1. The van der Waals surface area contributed by atoms with Crippen molar-refractivity contribution in [3.8, 4) is 22.7 Å². The van der Waals surface area contributed by atoms with Gasteiger partial charge in [-0.1, -0.05) is 82.2 Å². The average Bonchev–Trinajstić information content (AvgIpc) is 3.46. The largest absolute Gasteiger partial charge is 0.494 e. The molecule has 1 saturated heterocycles. The number of benzene rings is 2. The fourth-order valence-corrected chi connectivity index (χ4v) is 5.60. The van der Waals surface area contributed by atoms with Crippen LogP contribution in [0.1, 0.15) is 58.4 Å². The van der Waals surface area contributed by atoms with Gasteiger partial charge in [-0.15, -0.1) is 0 Å². The standard InChI is InChI=1S/C30H35N3O2S2/c1-4-7-11-22(6-3)20-32-29(34)27(37-30(32)36)19-24-21-33(25-12-9-8-10-13-25)31-28(24)23-14-16-26(17-15-23)35-18-5-2/h8-10,12-17,19,21-22H,4-7,11,18,20H2,1-3H3/b27-19-/t22-/m1/s1. The molecule has 4 rings (SSSR count). The molecule has 0 bridgehead atoms. The highest BCUT2D eigenvalue weighted by Crippen LogP contribution is 2.36. The molecule has 1 aliphatic rings. The maximum Gasteiger partial charge on any atom is 0.266 e. The van der Waals surface area contributed by atoms with Crippen LogP contribution >= 0.6 is 24.0 Å². The Morgan fingerprint density at radius 1 is 1.05 bits per heavy atom. The lowest BCUT2D eigenvalue weighted by atomic mass is 9.99. The number of nitrogens with zero attached hydrogens (tertiary/aromatic N) is 3. The molecule has 1 fully saturated rings. The van der Waals surface area contributed by atoms with Crippen molar-refractivity contribution in [1.29, 1.82) is 0 Å². The van der Waals surface area contributed by atoms with Gasteiger partial charge in [0.05, 0.1) is 22.9 Å². The zero-order valence-corrected chi connectivity index (χ0v) is 23.5. The first-order chi connectivity index (χ1) is 18.0. The molecule has 1 aliphatic heterocycles. The molecule has 0 N–H and O–H groups in total. The van der Waals surface area contributed by atoms with Crippen LogP contribution in [0.3, 0.4) is 0 Å². The number of thiocarbonyl (C=S) groups is 1. The lowest BCUT2D eigenvalue weighted by molar-refractivity contribution is -0.122. The number of aromatic nitrogens is 2. The number of hydrogen-bond donors (Lipinski definition) is 0. The lowest BCUT2D eigenvalue weighted by Crippen LogP contribution is -2.33. The maximum atomic E-state index is 13.4. The van der Waals surface area contributed by atoms with E-state index in [9.17, 15) is 4.79 Å². The average molecular weight is 534 g/mol. The summed E-state index contributed by atoms with van der Waals surface area (Å²) < 4.78 is 8.26. The van der Waals surface area contributed by atoms with Crippen LogP contribution in [0.5, 0.6) is 5.75 Å². The summed E-state index contributed by atoms with van der Waals surface area (Å²) in [6.07, 6.45) is 9.38. The van der Waals surface area contributed by atoms with Crippen LogP contribution < -0.4 is 4.74 Å². The first-order valence-electron chi connectivity index (χ1n) is 13.2. The molecule has 3 aromatic rings. The Kier molecular flexibility index (Phi) is 9.58. The van der Waals surface area contributed by atoms with Crippen molar-refractivity contribution in [2.75, 3.05) is 13.2 Å². The number of thioether (sulfide) groups is 1. The summed E-state index contributed by atoms with van der Waals surface area (Å²) in [5.41, 5.74) is 3.61. The molecule has 0 spiro atoms. The summed E-state index contributed by atoms with van der Waals surface area (Å²) in [6, 6.07) is 18.0. The van der Waals surface area contributed by atoms with E-state index in [2.05, 4.69) is 20.8 Å². The van der Waals surface area contributed by atoms with E-state index in [-0.39, 0.29) is 5.91 Å². The van der Waals surface area contributed by atoms with Gasteiger partial charge >= 0.3 is 0 Å². The smallest absolute Gasteiger partial charge is 0.266 e. The molecule has 2 heterocycles. The fourth-order valence-electron chi connectivity index (χ4n) is 4.33. The molecule has 0 aliphatic carbocycles. The number of amides is 1. The lowest BCUT2D eigenvalue weighted by Gasteiger charge is -2.21. The maximum absolute atomic E-state index is 13.4. The van der Waals surface area contributed by atoms with Crippen molar-refractivity contribution in [3.63, 3.8) is 0 Å². The second-order valence-corrected chi connectivity index (χ2v) is 11.0. The first kappa shape index (κ1) is 27.1. The third-order valence-corrected chi connectivity index (χ3v) is 7.89. The van der Waals surface area contributed by atoms with Crippen molar-refractivity contribution in [1.82, 2.24) is 14.7 Å².